The van der Waals surface area contributed by atoms with Gasteiger partial charge in [-0.1, -0.05) is 30.3 Å². The molecule has 132 valence electrons. The third kappa shape index (κ3) is 7.36. The molecule has 0 aliphatic heterocycles. The zero-order chi connectivity index (χ0) is 17.9. The maximum Gasteiger partial charge on any atom is 0.408 e. The summed E-state index contributed by atoms with van der Waals surface area (Å²) in [6, 6.07) is 7.62. The third-order valence-electron chi connectivity index (χ3n) is 3.22. The first-order chi connectivity index (χ1) is 11.4. The standard InChI is InChI=1S/C16H23N3O4S/c1-11(14(17)20)18-15(21)13(8-9-24-2)19-16(22)23-10-12-6-4-3-5-7-12/h3-7,11,13H,8-10H2,1-2H3,(H2,17,20)(H,18,21)(H,19,22)/t11-,13-/m1/s1. The van der Waals surface area contributed by atoms with Crippen LogP contribution >= 0.6 is 11.8 Å². The summed E-state index contributed by atoms with van der Waals surface area (Å²) in [5.74, 6) is -0.437. The Hall–Kier alpha value is -2.22. The number of amides is 3. The lowest BCUT2D eigenvalue weighted by Gasteiger charge is -2.19. The van der Waals surface area contributed by atoms with Gasteiger partial charge in [-0.15, -0.1) is 0 Å². The van der Waals surface area contributed by atoms with E-state index in [1.165, 1.54) is 6.92 Å². The van der Waals surface area contributed by atoms with E-state index in [9.17, 15) is 14.4 Å². The fraction of sp³-hybridized carbons (Fsp3) is 0.438. The molecule has 0 heterocycles. The van der Waals surface area contributed by atoms with Gasteiger partial charge in [-0.2, -0.15) is 11.8 Å². The molecule has 1 aromatic rings. The normalized spacial score (nSPS) is 12.8. The molecule has 2 atom stereocenters. The van der Waals surface area contributed by atoms with Crippen molar-refractivity contribution in [3.63, 3.8) is 0 Å². The summed E-state index contributed by atoms with van der Waals surface area (Å²) in [5.41, 5.74) is 5.98. The Bertz CT molecular complexity index is 554. The molecule has 0 fully saturated rings. The molecule has 0 aliphatic rings. The highest BCUT2D eigenvalue weighted by molar-refractivity contribution is 7.98. The molecular weight excluding hydrogens is 330 g/mol. The summed E-state index contributed by atoms with van der Waals surface area (Å²) < 4.78 is 5.11. The van der Waals surface area contributed by atoms with Gasteiger partial charge in [0.25, 0.3) is 0 Å². The van der Waals surface area contributed by atoms with Crippen LogP contribution in [0.25, 0.3) is 0 Å². The lowest BCUT2D eigenvalue weighted by molar-refractivity contribution is -0.128. The van der Waals surface area contributed by atoms with Gasteiger partial charge in [0.05, 0.1) is 0 Å². The van der Waals surface area contributed by atoms with Crippen LogP contribution in [0.4, 0.5) is 4.79 Å². The van der Waals surface area contributed by atoms with E-state index in [0.717, 1.165) is 5.56 Å². The van der Waals surface area contributed by atoms with Crippen LogP contribution in [0.15, 0.2) is 30.3 Å². The molecule has 24 heavy (non-hydrogen) atoms. The van der Waals surface area contributed by atoms with Crippen molar-refractivity contribution in [2.75, 3.05) is 12.0 Å². The van der Waals surface area contributed by atoms with E-state index in [1.807, 2.05) is 36.6 Å². The molecule has 4 N–H and O–H groups in total. The van der Waals surface area contributed by atoms with Crippen molar-refractivity contribution >= 4 is 29.7 Å². The van der Waals surface area contributed by atoms with Gasteiger partial charge in [0.15, 0.2) is 0 Å². The Morgan fingerprint density at radius 3 is 2.46 bits per heavy atom. The monoisotopic (exact) mass is 353 g/mol. The molecule has 8 heteroatoms. The molecule has 0 saturated heterocycles. The first kappa shape index (κ1) is 19.8. The number of thioether (sulfide) groups is 1. The number of nitrogens with one attached hydrogen (secondary N) is 2. The minimum absolute atomic E-state index is 0.112. The zero-order valence-corrected chi connectivity index (χ0v) is 14.6. The van der Waals surface area contributed by atoms with Crippen LogP contribution < -0.4 is 16.4 Å². The second kappa shape index (κ2) is 10.5. The Morgan fingerprint density at radius 1 is 1.21 bits per heavy atom. The summed E-state index contributed by atoms with van der Waals surface area (Å²) >= 11 is 1.55. The minimum atomic E-state index is -0.809. The fourth-order valence-electron chi connectivity index (χ4n) is 1.80. The SMILES string of the molecule is CSCC[C@@H](NC(=O)OCc1ccccc1)C(=O)N[C@H](C)C(N)=O. The number of nitrogens with two attached hydrogens (primary N) is 1. The van der Waals surface area contributed by atoms with E-state index in [0.29, 0.717) is 12.2 Å². The molecule has 1 rings (SSSR count). The van der Waals surface area contributed by atoms with Crippen LogP contribution in [-0.4, -0.2) is 42.0 Å². The summed E-state index contributed by atoms with van der Waals surface area (Å²) in [4.78, 5) is 35.1. The highest BCUT2D eigenvalue weighted by atomic mass is 32.2. The van der Waals surface area contributed by atoms with Crippen molar-refractivity contribution in [2.45, 2.75) is 32.0 Å². The van der Waals surface area contributed by atoms with Crippen LogP contribution in [0.1, 0.15) is 18.9 Å². The van der Waals surface area contributed by atoms with Crippen LogP contribution in [0.3, 0.4) is 0 Å². The Labute approximate surface area is 145 Å². The molecule has 0 spiro atoms. The molecule has 0 saturated carbocycles. The second-order valence-electron chi connectivity index (χ2n) is 5.17. The lowest BCUT2D eigenvalue weighted by atomic mass is 10.2. The highest BCUT2D eigenvalue weighted by Gasteiger charge is 2.23. The lowest BCUT2D eigenvalue weighted by Crippen LogP contribution is -2.52. The third-order valence-corrected chi connectivity index (χ3v) is 3.86. The number of benzene rings is 1. The van der Waals surface area contributed by atoms with Crippen LogP contribution in [0.2, 0.25) is 0 Å². The van der Waals surface area contributed by atoms with Crippen LogP contribution in [-0.2, 0) is 20.9 Å². The summed E-state index contributed by atoms with van der Waals surface area (Å²) in [6.07, 6.45) is 1.63. The van der Waals surface area contributed by atoms with Gasteiger partial charge in [-0.05, 0) is 30.9 Å². The smallest absolute Gasteiger partial charge is 0.408 e. The fourth-order valence-corrected chi connectivity index (χ4v) is 2.27. The van der Waals surface area contributed by atoms with Crippen LogP contribution in [0.5, 0.6) is 0 Å². The maximum atomic E-state index is 12.2. The van der Waals surface area contributed by atoms with Gasteiger partial charge in [0.2, 0.25) is 11.8 Å². The van der Waals surface area contributed by atoms with Gasteiger partial charge in [0.1, 0.15) is 18.7 Å². The topological polar surface area (TPSA) is 111 Å². The Kier molecular flexibility index (Phi) is 8.70. The highest BCUT2D eigenvalue weighted by Crippen LogP contribution is 2.04. The van der Waals surface area contributed by atoms with E-state index in [2.05, 4.69) is 10.6 Å². The average Bonchev–Trinajstić information content (AvgIpc) is 2.57. The predicted molar refractivity (Wildman–Crippen MR) is 93.3 cm³/mol. The molecule has 0 radical (unpaired) electrons. The summed E-state index contributed by atoms with van der Waals surface area (Å²) in [6.45, 7) is 1.60. The number of carbonyl (C=O) groups is 3. The molecule has 0 bridgehead atoms. The van der Waals surface area contributed by atoms with Gasteiger partial charge >= 0.3 is 6.09 Å². The first-order valence-electron chi connectivity index (χ1n) is 7.50. The number of carbonyl (C=O) groups excluding carboxylic acids is 3. The number of ether oxygens (including phenoxy) is 1. The number of primary amides is 1. The van der Waals surface area contributed by atoms with Crippen molar-refractivity contribution < 1.29 is 19.1 Å². The molecule has 7 nitrogen and oxygen atoms in total. The quantitative estimate of drug-likeness (QED) is 0.614. The molecule has 0 unspecified atom stereocenters. The van der Waals surface area contributed by atoms with Crippen molar-refractivity contribution in [1.82, 2.24) is 10.6 Å². The Morgan fingerprint density at radius 2 is 1.88 bits per heavy atom. The van der Waals surface area contributed by atoms with E-state index >= 15 is 0 Å². The van der Waals surface area contributed by atoms with Crippen molar-refractivity contribution in [1.29, 1.82) is 0 Å². The number of hydrogen-bond donors (Lipinski definition) is 3. The molecule has 0 aromatic heterocycles. The minimum Gasteiger partial charge on any atom is -0.445 e. The molecule has 3 amide bonds. The van der Waals surface area contributed by atoms with Crippen molar-refractivity contribution in [3.05, 3.63) is 35.9 Å². The van der Waals surface area contributed by atoms with E-state index in [4.69, 9.17) is 10.5 Å². The number of alkyl carbamates (subject to hydrolysis) is 1. The van der Waals surface area contributed by atoms with Crippen LogP contribution in [0, 0.1) is 0 Å². The van der Waals surface area contributed by atoms with E-state index < -0.39 is 30.0 Å². The number of rotatable bonds is 9. The average molecular weight is 353 g/mol. The van der Waals surface area contributed by atoms with E-state index in [-0.39, 0.29) is 6.61 Å². The first-order valence-corrected chi connectivity index (χ1v) is 8.89. The predicted octanol–water partition coefficient (Wildman–Crippen LogP) is 1.02. The largest absolute Gasteiger partial charge is 0.445 e. The summed E-state index contributed by atoms with van der Waals surface area (Å²) in [7, 11) is 0. The van der Waals surface area contributed by atoms with Gasteiger partial charge in [0, 0.05) is 0 Å². The maximum absolute atomic E-state index is 12.2. The van der Waals surface area contributed by atoms with Gasteiger partial charge < -0.3 is 21.1 Å². The number of hydrogen-bond acceptors (Lipinski definition) is 5. The van der Waals surface area contributed by atoms with Gasteiger partial charge in [-0.25, -0.2) is 4.79 Å². The van der Waals surface area contributed by atoms with Gasteiger partial charge in [-0.3, -0.25) is 9.59 Å². The Balaban J connectivity index is 2.55. The zero-order valence-electron chi connectivity index (χ0n) is 13.8. The van der Waals surface area contributed by atoms with Crippen molar-refractivity contribution in [2.24, 2.45) is 5.73 Å². The molecular formula is C16H23N3O4S. The second-order valence-corrected chi connectivity index (χ2v) is 6.16. The van der Waals surface area contributed by atoms with Crippen molar-refractivity contribution in [3.8, 4) is 0 Å². The molecule has 1 aromatic carbocycles. The molecule has 0 aliphatic carbocycles. The van der Waals surface area contributed by atoms with E-state index in [1.54, 1.807) is 11.8 Å². The summed E-state index contributed by atoms with van der Waals surface area (Å²) in [5, 5.41) is 5.00.